The Morgan fingerprint density at radius 3 is 2.33 bits per heavy atom. The van der Waals surface area contributed by atoms with Gasteiger partial charge in [0, 0.05) is 24.6 Å². The van der Waals surface area contributed by atoms with Crippen molar-refractivity contribution in [1.29, 1.82) is 0 Å². The predicted molar refractivity (Wildman–Crippen MR) is 161 cm³/mol. The zero-order chi connectivity index (χ0) is 31.7. The molecule has 4 aromatic rings. The molecule has 3 atom stereocenters. The molecule has 1 aromatic heterocycles. The third kappa shape index (κ3) is 6.06. The largest absolute Gasteiger partial charge is 0.619 e. The summed E-state index contributed by atoms with van der Waals surface area (Å²) in [5, 5.41) is 14.6. The van der Waals surface area contributed by atoms with Gasteiger partial charge in [0.1, 0.15) is 22.8 Å². The first-order chi connectivity index (χ1) is 21.6. The van der Waals surface area contributed by atoms with E-state index < -0.39 is 58.1 Å². The number of carbonyl (C=O) groups is 3. The highest BCUT2D eigenvalue weighted by Gasteiger charge is 2.54. The molecule has 2 aliphatic rings. The van der Waals surface area contributed by atoms with Crippen molar-refractivity contribution >= 4 is 27.6 Å². The molecule has 0 bridgehead atoms. The maximum absolute atomic E-state index is 14.1. The van der Waals surface area contributed by atoms with Gasteiger partial charge in [0.05, 0.1) is 12.6 Å². The molecular weight excluding hydrogens is 599 g/mol. The minimum Gasteiger partial charge on any atom is -0.619 e. The number of carbonyl (C=O) groups excluding carboxylic acids is 3. The Balaban J connectivity index is 1.24. The highest BCUT2D eigenvalue weighted by atomic mass is 32.2. The number of fused-ring (bicyclic) bond motifs is 1. The summed E-state index contributed by atoms with van der Waals surface area (Å²) in [5.74, 6) is -1.97. The molecule has 230 valence electrons. The second-order valence-corrected chi connectivity index (χ2v) is 12.9. The lowest BCUT2D eigenvalue weighted by molar-refractivity contribution is -0.607. The maximum Gasteiger partial charge on any atom is 0.251 e. The van der Waals surface area contributed by atoms with Crippen molar-refractivity contribution < 1.29 is 31.9 Å². The third-order valence-electron chi connectivity index (χ3n) is 8.23. The van der Waals surface area contributed by atoms with E-state index >= 15 is 0 Å². The van der Waals surface area contributed by atoms with Crippen molar-refractivity contribution in [3.05, 3.63) is 126 Å². The molecule has 0 spiro atoms. The third-order valence-corrected chi connectivity index (χ3v) is 10.1. The number of halogens is 1. The first-order valence-electron chi connectivity index (χ1n) is 14.4. The Kier molecular flexibility index (Phi) is 8.17. The normalized spacial score (nSPS) is 18.9. The number of likely N-dealkylation sites (tertiary alicyclic amines) is 1. The molecule has 2 fully saturated rings. The van der Waals surface area contributed by atoms with Crippen LogP contribution in [0.1, 0.15) is 22.3 Å². The predicted octanol–water partition coefficient (Wildman–Crippen LogP) is 2.71. The molecule has 10 nitrogen and oxygen atoms in total. The Morgan fingerprint density at radius 2 is 1.64 bits per heavy atom. The van der Waals surface area contributed by atoms with E-state index in [1.165, 1.54) is 41.3 Å². The van der Waals surface area contributed by atoms with Gasteiger partial charge in [0.2, 0.25) is 15.9 Å². The van der Waals surface area contributed by atoms with E-state index in [1.54, 1.807) is 24.3 Å². The van der Waals surface area contributed by atoms with Gasteiger partial charge in [-0.1, -0.05) is 54.6 Å². The summed E-state index contributed by atoms with van der Waals surface area (Å²) in [4.78, 5) is 41.8. The molecule has 2 saturated heterocycles. The van der Waals surface area contributed by atoms with E-state index in [9.17, 15) is 32.4 Å². The fourth-order valence-corrected chi connectivity index (χ4v) is 7.64. The summed E-state index contributed by atoms with van der Waals surface area (Å²) in [6.07, 6.45) is 2.29. The summed E-state index contributed by atoms with van der Waals surface area (Å²) in [6.45, 7) is -0.359. The molecule has 0 saturated carbocycles. The number of hydrogen-bond donors (Lipinski definition) is 1. The van der Waals surface area contributed by atoms with Crippen molar-refractivity contribution in [3.8, 4) is 11.1 Å². The van der Waals surface area contributed by atoms with E-state index in [1.807, 2.05) is 30.3 Å². The van der Waals surface area contributed by atoms with Gasteiger partial charge in [0.15, 0.2) is 18.2 Å². The van der Waals surface area contributed by atoms with Crippen LogP contribution in [-0.2, 0) is 26.0 Å². The van der Waals surface area contributed by atoms with E-state index in [4.69, 9.17) is 0 Å². The molecule has 3 unspecified atom stereocenters. The average Bonchev–Trinajstić information content (AvgIpc) is 3.63. The lowest BCUT2D eigenvalue weighted by atomic mass is 10.0. The minimum absolute atomic E-state index is 0.0184. The molecule has 2 aliphatic heterocycles. The number of Topliss-reactive ketones (excluding diaryl/α,β-unsaturated/α-hetero) is 1. The number of aromatic nitrogens is 1. The Hall–Kier alpha value is -4.94. The molecule has 3 aromatic carbocycles. The lowest BCUT2D eigenvalue weighted by Crippen LogP contribution is -2.53. The number of nitrogens with zero attached hydrogens (tertiary/aromatic N) is 3. The number of pyridine rings is 1. The van der Waals surface area contributed by atoms with Crippen molar-refractivity contribution in [2.45, 2.75) is 35.9 Å². The average molecular weight is 629 g/mol. The first-order valence-corrected chi connectivity index (χ1v) is 15.8. The maximum atomic E-state index is 14.1. The van der Waals surface area contributed by atoms with Crippen molar-refractivity contribution in [1.82, 2.24) is 14.5 Å². The highest BCUT2D eigenvalue weighted by Crippen LogP contribution is 2.34. The van der Waals surface area contributed by atoms with Gasteiger partial charge in [-0.25, -0.2) is 12.8 Å². The number of hydrogen-bond acceptors (Lipinski definition) is 6. The van der Waals surface area contributed by atoms with Gasteiger partial charge >= 0.3 is 0 Å². The van der Waals surface area contributed by atoms with Crippen molar-refractivity contribution in [3.63, 3.8) is 0 Å². The smallest absolute Gasteiger partial charge is 0.251 e. The zero-order valence-corrected chi connectivity index (χ0v) is 24.8. The van der Waals surface area contributed by atoms with E-state index in [-0.39, 0.29) is 24.3 Å². The minimum atomic E-state index is -4.20. The summed E-state index contributed by atoms with van der Waals surface area (Å²) in [5.41, 5.74) is 2.80. The molecule has 12 heteroatoms. The van der Waals surface area contributed by atoms with Crippen LogP contribution in [-0.4, -0.2) is 66.4 Å². The zero-order valence-electron chi connectivity index (χ0n) is 24.0. The second kappa shape index (κ2) is 12.2. The van der Waals surface area contributed by atoms with E-state index in [0.29, 0.717) is 15.9 Å². The number of amides is 2. The monoisotopic (exact) mass is 628 g/mol. The fourth-order valence-electron chi connectivity index (χ4n) is 6.01. The van der Waals surface area contributed by atoms with E-state index in [2.05, 4.69) is 5.32 Å². The van der Waals surface area contributed by atoms with Crippen molar-refractivity contribution in [2.24, 2.45) is 0 Å². The van der Waals surface area contributed by atoms with Crippen LogP contribution in [0.3, 0.4) is 0 Å². The standard InChI is InChI=1S/C33H29FN4O6S/c34-26-14-8-22(9-15-26)19-28(35-32(40)25-12-10-24(11-13-25)23-5-2-1-3-6-23)33(41)37-18-16-29-31(37)30(39)21-38(29)45(43,44)27-7-4-17-36(42)20-27/h1-15,17,20,28-29,31H,16,18-19,21H2,(H,35,40). The number of nitrogens with one attached hydrogen (secondary N) is 1. The summed E-state index contributed by atoms with van der Waals surface area (Å²) in [7, 11) is -4.20. The van der Waals surface area contributed by atoms with Gasteiger partial charge < -0.3 is 15.4 Å². The van der Waals surface area contributed by atoms with Gasteiger partial charge in [-0.05, 0) is 53.4 Å². The topological polar surface area (TPSA) is 131 Å². The molecule has 0 aliphatic carbocycles. The number of sulfonamides is 1. The molecule has 3 heterocycles. The van der Waals surface area contributed by atoms with Crippen LogP contribution in [0.15, 0.2) is 108 Å². The molecule has 0 radical (unpaired) electrons. The van der Waals surface area contributed by atoms with Crippen molar-refractivity contribution in [2.75, 3.05) is 13.1 Å². The highest BCUT2D eigenvalue weighted by molar-refractivity contribution is 7.89. The second-order valence-electron chi connectivity index (χ2n) is 11.0. The van der Waals surface area contributed by atoms with E-state index in [0.717, 1.165) is 27.8 Å². The van der Waals surface area contributed by atoms with Crippen LogP contribution < -0.4 is 10.0 Å². The molecule has 2 amide bonds. The SMILES string of the molecule is O=C(NC(Cc1ccc(F)cc1)C(=O)N1CCC2C1C(=O)CN2S(=O)(=O)c1ccc[n+]([O-])c1)c1ccc(-c2ccccc2)cc1. The number of benzene rings is 3. The Labute approximate surface area is 259 Å². The summed E-state index contributed by atoms with van der Waals surface area (Å²) >= 11 is 0. The Bertz CT molecular complexity index is 1850. The first kappa shape index (κ1) is 30.1. The van der Waals surface area contributed by atoms with Crippen LogP contribution in [0, 0.1) is 11.0 Å². The molecular formula is C33H29FN4O6S. The van der Waals surface area contributed by atoms with Gasteiger partial charge in [-0.3, -0.25) is 14.4 Å². The number of rotatable bonds is 8. The van der Waals surface area contributed by atoms with Crippen LogP contribution in [0.4, 0.5) is 4.39 Å². The summed E-state index contributed by atoms with van der Waals surface area (Å²) < 4.78 is 41.8. The quantitative estimate of drug-likeness (QED) is 0.236. The van der Waals surface area contributed by atoms with Gasteiger partial charge in [0.25, 0.3) is 5.91 Å². The van der Waals surface area contributed by atoms with Gasteiger partial charge in [-0.15, -0.1) is 0 Å². The van der Waals surface area contributed by atoms with Crippen LogP contribution in [0.2, 0.25) is 0 Å². The Morgan fingerprint density at radius 1 is 0.956 bits per heavy atom. The molecule has 1 N–H and O–H groups in total. The molecule has 45 heavy (non-hydrogen) atoms. The van der Waals surface area contributed by atoms with Gasteiger partial charge in [-0.2, -0.15) is 9.04 Å². The summed E-state index contributed by atoms with van der Waals surface area (Å²) in [6, 6.07) is 21.7. The lowest BCUT2D eigenvalue weighted by Gasteiger charge is -2.28. The van der Waals surface area contributed by atoms with Crippen LogP contribution in [0.25, 0.3) is 11.1 Å². The number of ketones is 1. The van der Waals surface area contributed by atoms with Crippen LogP contribution >= 0.6 is 0 Å². The molecule has 6 rings (SSSR count). The van der Waals surface area contributed by atoms with Crippen LogP contribution in [0.5, 0.6) is 0 Å². The fraction of sp³-hybridized carbons (Fsp3) is 0.212.